The number of esters is 1. The van der Waals surface area contributed by atoms with Crippen LogP contribution in [-0.2, 0) is 14.3 Å². The van der Waals surface area contributed by atoms with Crippen LogP contribution in [0.25, 0.3) is 0 Å². The average Bonchev–Trinajstić information content (AvgIpc) is 2.34. The molecule has 56 valence electrons. The minimum atomic E-state index is -0.269. The van der Waals surface area contributed by atoms with E-state index in [2.05, 4.69) is 4.74 Å². The Morgan fingerprint density at radius 1 is 1.60 bits per heavy atom. The zero-order valence-corrected chi connectivity index (χ0v) is 6.14. The molecule has 0 aromatic heterocycles. The summed E-state index contributed by atoms with van der Waals surface area (Å²) in [6, 6.07) is 0. The van der Waals surface area contributed by atoms with Crippen molar-refractivity contribution in [2.45, 2.75) is 6.92 Å². The zero-order valence-electron chi connectivity index (χ0n) is 6.14. The largest absolute Gasteiger partial charge is 0.466 e. The monoisotopic (exact) mass is 142 g/mol. The summed E-state index contributed by atoms with van der Waals surface area (Å²) in [6.07, 6.45) is 0. The van der Waals surface area contributed by atoms with Crippen LogP contribution in [0.3, 0.4) is 0 Å². The fourth-order valence-electron chi connectivity index (χ4n) is 0.873. The van der Waals surface area contributed by atoms with Gasteiger partial charge in [0.15, 0.2) is 0 Å². The average molecular weight is 142 g/mol. The highest BCUT2D eigenvalue weighted by Gasteiger charge is 2.18. The minimum absolute atomic E-state index is 0.269. The van der Waals surface area contributed by atoms with Crippen LogP contribution < -0.4 is 0 Å². The zero-order chi connectivity index (χ0) is 7.56. The molecule has 3 heteroatoms. The van der Waals surface area contributed by atoms with E-state index in [1.165, 1.54) is 7.11 Å². The number of ether oxygens (including phenoxy) is 2. The molecule has 10 heavy (non-hydrogen) atoms. The van der Waals surface area contributed by atoms with Gasteiger partial charge in [0, 0.05) is 0 Å². The van der Waals surface area contributed by atoms with Gasteiger partial charge in [-0.25, -0.2) is 4.79 Å². The van der Waals surface area contributed by atoms with Crippen LogP contribution in [0.1, 0.15) is 6.92 Å². The van der Waals surface area contributed by atoms with Gasteiger partial charge in [-0.15, -0.1) is 0 Å². The van der Waals surface area contributed by atoms with Gasteiger partial charge in [0.1, 0.15) is 0 Å². The Labute approximate surface area is 59.6 Å². The SMILES string of the molecule is COC(=O)C1=C(C)COC1. The molecule has 0 aliphatic carbocycles. The summed E-state index contributed by atoms with van der Waals surface area (Å²) in [4.78, 5) is 10.9. The smallest absolute Gasteiger partial charge is 0.336 e. The first-order valence-corrected chi connectivity index (χ1v) is 3.10. The summed E-state index contributed by atoms with van der Waals surface area (Å²) in [5.41, 5.74) is 1.65. The Hall–Kier alpha value is -0.830. The summed E-state index contributed by atoms with van der Waals surface area (Å²) in [6.45, 7) is 2.84. The quantitative estimate of drug-likeness (QED) is 0.500. The number of hydrogen-bond donors (Lipinski definition) is 0. The van der Waals surface area contributed by atoms with Crippen molar-refractivity contribution in [1.82, 2.24) is 0 Å². The molecule has 0 radical (unpaired) electrons. The summed E-state index contributed by atoms with van der Waals surface area (Å²) >= 11 is 0. The van der Waals surface area contributed by atoms with Crippen LogP contribution in [0, 0.1) is 0 Å². The topological polar surface area (TPSA) is 35.5 Å². The van der Waals surface area contributed by atoms with E-state index in [1.807, 2.05) is 6.92 Å². The minimum Gasteiger partial charge on any atom is -0.466 e. The van der Waals surface area contributed by atoms with Crippen molar-refractivity contribution in [3.63, 3.8) is 0 Å². The highest BCUT2D eigenvalue weighted by molar-refractivity contribution is 5.89. The molecule has 1 aliphatic heterocycles. The van der Waals surface area contributed by atoms with Gasteiger partial charge in [-0.3, -0.25) is 0 Å². The number of methoxy groups -OCH3 is 1. The molecular formula is C7H10O3. The molecule has 0 fully saturated rings. The van der Waals surface area contributed by atoms with Gasteiger partial charge in [-0.2, -0.15) is 0 Å². The molecule has 1 heterocycles. The van der Waals surface area contributed by atoms with Gasteiger partial charge < -0.3 is 9.47 Å². The van der Waals surface area contributed by atoms with Crippen LogP contribution in [0.5, 0.6) is 0 Å². The van der Waals surface area contributed by atoms with Gasteiger partial charge in [0.05, 0.1) is 25.9 Å². The second-order valence-corrected chi connectivity index (χ2v) is 2.24. The maximum atomic E-state index is 10.9. The van der Waals surface area contributed by atoms with E-state index in [9.17, 15) is 4.79 Å². The molecule has 0 saturated carbocycles. The third-order valence-electron chi connectivity index (χ3n) is 1.51. The molecule has 0 bridgehead atoms. The van der Waals surface area contributed by atoms with Crippen molar-refractivity contribution < 1.29 is 14.3 Å². The van der Waals surface area contributed by atoms with E-state index < -0.39 is 0 Å². The third-order valence-corrected chi connectivity index (χ3v) is 1.51. The van der Waals surface area contributed by atoms with E-state index >= 15 is 0 Å². The molecule has 0 unspecified atom stereocenters. The van der Waals surface area contributed by atoms with Gasteiger partial charge in [0.2, 0.25) is 0 Å². The normalized spacial score (nSPS) is 17.8. The Bertz CT molecular complexity index is 181. The molecule has 0 N–H and O–H groups in total. The molecular weight excluding hydrogens is 132 g/mol. The molecule has 3 nitrogen and oxygen atoms in total. The number of rotatable bonds is 1. The Morgan fingerprint density at radius 3 is 2.70 bits per heavy atom. The molecule has 0 aromatic carbocycles. The van der Waals surface area contributed by atoms with Crippen molar-refractivity contribution in [2.24, 2.45) is 0 Å². The highest BCUT2D eigenvalue weighted by Crippen LogP contribution is 2.13. The summed E-state index contributed by atoms with van der Waals surface area (Å²) in [5, 5.41) is 0. The van der Waals surface area contributed by atoms with Crippen LogP contribution in [0.4, 0.5) is 0 Å². The maximum Gasteiger partial charge on any atom is 0.336 e. The predicted molar refractivity (Wildman–Crippen MR) is 35.5 cm³/mol. The summed E-state index contributed by atoms with van der Waals surface area (Å²) in [5.74, 6) is -0.269. The van der Waals surface area contributed by atoms with Crippen LogP contribution in [0.15, 0.2) is 11.1 Å². The molecule has 0 aromatic rings. The van der Waals surface area contributed by atoms with Crippen molar-refractivity contribution in [2.75, 3.05) is 20.3 Å². The Morgan fingerprint density at radius 2 is 2.30 bits per heavy atom. The van der Waals surface area contributed by atoms with Crippen molar-refractivity contribution >= 4 is 5.97 Å². The van der Waals surface area contributed by atoms with Crippen molar-refractivity contribution in [3.8, 4) is 0 Å². The Balaban J connectivity index is 2.71. The molecule has 0 spiro atoms. The molecule has 0 saturated heterocycles. The first-order valence-electron chi connectivity index (χ1n) is 3.10. The van der Waals surface area contributed by atoms with Gasteiger partial charge in [-0.1, -0.05) is 0 Å². The van der Waals surface area contributed by atoms with E-state index in [0.717, 1.165) is 5.57 Å². The first-order chi connectivity index (χ1) is 4.75. The number of hydrogen-bond acceptors (Lipinski definition) is 3. The second-order valence-electron chi connectivity index (χ2n) is 2.24. The number of carbonyl (C=O) groups is 1. The lowest BCUT2D eigenvalue weighted by atomic mass is 10.2. The van der Waals surface area contributed by atoms with Gasteiger partial charge >= 0.3 is 5.97 Å². The van der Waals surface area contributed by atoms with Crippen LogP contribution in [0.2, 0.25) is 0 Å². The van der Waals surface area contributed by atoms with E-state index in [1.54, 1.807) is 0 Å². The second kappa shape index (κ2) is 2.84. The third kappa shape index (κ3) is 1.19. The van der Waals surface area contributed by atoms with Crippen molar-refractivity contribution in [3.05, 3.63) is 11.1 Å². The van der Waals surface area contributed by atoms with E-state index in [0.29, 0.717) is 18.8 Å². The summed E-state index contributed by atoms with van der Waals surface area (Å²) < 4.78 is 9.55. The summed E-state index contributed by atoms with van der Waals surface area (Å²) in [7, 11) is 1.38. The first kappa shape index (κ1) is 7.28. The van der Waals surface area contributed by atoms with Gasteiger partial charge in [0.25, 0.3) is 0 Å². The molecule has 0 atom stereocenters. The highest BCUT2D eigenvalue weighted by atomic mass is 16.5. The number of carbonyl (C=O) groups excluding carboxylic acids is 1. The lowest BCUT2D eigenvalue weighted by Gasteiger charge is -1.97. The lowest BCUT2D eigenvalue weighted by molar-refractivity contribution is -0.136. The molecule has 0 amide bonds. The molecule has 1 rings (SSSR count). The fourth-order valence-corrected chi connectivity index (χ4v) is 0.873. The molecule has 1 aliphatic rings. The Kier molecular flexibility index (Phi) is 2.06. The maximum absolute atomic E-state index is 10.9. The van der Waals surface area contributed by atoms with Crippen LogP contribution >= 0.6 is 0 Å². The fraction of sp³-hybridized carbons (Fsp3) is 0.571. The van der Waals surface area contributed by atoms with Crippen molar-refractivity contribution in [1.29, 1.82) is 0 Å². The van der Waals surface area contributed by atoms with E-state index in [4.69, 9.17) is 4.74 Å². The van der Waals surface area contributed by atoms with Crippen LogP contribution in [-0.4, -0.2) is 26.3 Å². The predicted octanol–water partition coefficient (Wildman–Crippen LogP) is 0.506. The van der Waals surface area contributed by atoms with Gasteiger partial charge in [-0.05, 0) is 12.5 Å². The lowest BCUT2D eigenvalue weighted by Crippen LogP contribution is -2.06. The van der Waals surface area contributed by atoms with E-state index in [-0.39, 0.29) is 5.97 Å². The standard InChI is InChI=1S/C7H10O3/c1-5-3-10-4-6(5)7(8)9-2/h3-4H2,1-2H3.